The normalized spacial score (nSPS) is 21.3. The van der Waals surface area contributed by atoms with E-state index in [1.807, 2.05) is 43.3 Å². The van der Waals surface area contributed by atoms with Crippen LogP contribution in [-0.2, 0) is 11.3 Å². The summed E-state index contributed by atoms with van der Waals surface area (Å²) >= 11 is 0. The molecule has 0 radical (unpaired) electrons. The number of anilines is 1. The van der Waals surface area contributed by atoms with Crippen molar-refractivity contribution in [3.05, 3.63) is 66.2 Å². The summed E-state index contributed by atoms with van der Waals surface area (Å²) in [6, 6.07) is 20.9. The second-order valence-electron chi connectivity index (χ2n) is 6.72. The molecule has 27 heavy (non-hydrogen) atoms. The van der Waals surface area contributed by atoms with Gasteiger partial charge in [-0.3, -0.25) is 0 Å². The molecule has 0 aromatic heterocycles. The van der Waals surface area contributed by atoms with Crippen LogP contribution in [0.4, 0.5) is 10.5 Å². The molecule has 0 saturated carbocycles. The lowest BCUT2D eigenvalue weighted by molar-refractivity contribution is -0.876. The molecule has 4 nitrogen and oxygen atoms in total. The van der Waals surface area contributed by atoms with Crippen LogP contribution in [0, 0.1) is 0 Å². The van der Waals surface area contributed by atoms with Crippen LogP contribution in [0.3, 0.4) is 0 Å². The van der Waals surface area contributed by atoms with Crippen LogP contribution in [0.25, 0.3) is 0 Å². The first kappa shape index (κ1) is 23.3. The maximum absolute atomic E-state index is 12.7. The van der Waals surface area contributed by atoms with Crippen LogP contribution >= 0.6 is 24.8 Å². The molecule has 0 spiro atoms. The van der Waals surface area contributed by atoms with Gasteiger partial charge >= 0.3 is 6.09 Å². The first-order valence-corrected chi connectivity index (χ1v) is 9.11. The molecule has 1 aliphatic heterocycles. The lowest BCUT2D eigenvalue weighted by atomic mass is 10.0. The number of halogens is 2. The number of amides is 1. The standard InChI is InChI=1S/C21H27N2O2.2ClH/c1-2-25-21(24)23(17-18-9-5-3-6-10-18)15-13-20(14-16-23)22-19-11-7-4-8-12-19;;/h3-12,20,22H,2,13-17H2,1H3;2*1H/q+1;;. The fourth-order valence-corrected chi connectivity index (χ4v) is 3.58. The van der Waals surface area contributed by atoms with Crippen LogP contribution < -0.4 is 5.32 Å². The Kier molecular flexibility index (Phi) is 9.64. The van der Waals surface area contributed by atoms with Gasteiger partial charge in [0.15, 0.2) is 0 Å². The van der Waals surface area contributed by atoms with Gasteiger partial charge in [0, 0.05) is 30.1 Å². The molecule has 1 aliphatic rings. The lowest BCUT2D eigenvalue weighted by Gasteiger charge is -2.40. The number of carbonyl (C=O) groups is 1. The molecule has 1 saturated heterocycles. The molecule has 6 heteroatoms. The summed E-state index contributed by atoms with van der Waals surface area (Å²) in [6.45, 7) is 4.62. The Morgan fingerprint density at radius 1 is 1.00 bits per heavy atom. The van der Waals surface area contributed by atoms with Gasteiger partial charge < -0.3 is 10.1 Å². The number of hydrogen-bond acceptors (Lipinski definition) is 3. The molecular weight excluding hydrogens is 383 g/mol. The minimum Gasteiger partial charge on any atom is -0.420 e. The van der Waals surface area contributed by atoms with Gasteiger partial charge in [0.25, 0.3) is 0 Å². The zero-order valence-electron chi connectivity index (χ0n) is 15.7. The molecule has 1 heterocycles. The van der Waals surface area contributed by atoms with Gasteiger partial charge in [0.05, 0.1) is 19.7 Å². The van der Waals surface area contributed by atoms with Crippen LogP contribution in [-0.4, -0.2) is 36.3 Å². The second-order valence-corrected chi connectivity index (χ2v) is 6.72. The predicted molar refractivity (Wildman–Crippen MR) is 115 cm³/mol. The molecule has 2 aromatic carbocycles. The van der Waals surface area contributed by atoms with E-state index in [0.717, 1.165) is 31.6 Å². The molecule has 3 rings (SSSR count). The third-order valence-corrected chi connectivity index (χ3v) is 4.94. The van der Waals surface area contributed by atoms with Crippen molar-refractivity contribution in [2.75, 3.05) is 25.0 Å². The van der Waals surface area contributed by atoms with E-state index in [1.54, 1.807) is 0 Å². The Morgan fingerprint density at radius 2 is 1.56 bits per heavy atom. The summed E-state index contributed by atoms with van der Waals surface area (Å²) in [7, 11) is 0. The van der Waals surface area contributed by atoms with Crippen molar-refractivity contribution >= 4 is 36.6 Å². The lowest BCUT2D eigenvalue weighted by Crippen LogP contribution is -2.58. The zero-order valence-corrected chi connectivity index (χ0v) is 17.3. The molecule has 1 N–H and O–H groups in total. The Balaban J connectivity index is 0.00000182. The SMILES string of the molecule is CCOC(=O)[N+]1(Cc2ccccc2)CCC(Nc2ccccc2)CC1.Cl.Cl. The first-order chi connectivity index (χ1) is 12.2. The third kappa shape index (κ3) is 6.13. The molecule has 1 amide bonds. The van der Waals surface area contributed by atoms with Gasteiger partial charge in [0.1, 0.15) is 6.54 Å². The van der Waals surface area contributed by atoms with E-state index < -0.39 is 0 Å². The average molecular weight is 412 g/mol. The summed E-state index contributed by atoms with van der Waals surface area (Å²) in [6.07, 6.45) is 1.82. The average Bonchev–Trinajstić information content (AvgIpc) is 2.65. The number of ether oxygens (including phenoxy) is 1. The van der Waals surface area contributed by atoms with E-state index in [0.29, 0.717) is 23.7 Å². The number of carbonyl (C=O) groups excluding carboxylic acids is 1. The van der Waals surface area contributed by atoms with E-state index in [-0.39, 0.29) is 30.9 Å². The van der Waals surface area contributed by atoms with Crippen molar-refractivity contribution in [1.29, 1.82) is 0 Å². The minimum atomic E-state index is -0.0930. The number of piperidine rings is 1. The van der Waals surface area contributed by atoms with Gasteiger partial charge in [-0.15, -0.1) is 24.8 Å². The van der Waals surface area contributed by atoms with Crippen molar-refractivity contribution in [1.82, 2.24) is 0 Å². The Morgan fingerprint density at radius 3 is 2.11 bits per heavy atom. The number of rotatable bonds is 5. The van der Waals surface area contributed by atoms with Crippen LogP contribution in [0.1, 0.15) is 25.3 Å². The number of benzene rings is 2. The first-order valence-electron chi connectivity index (χ1n) is 9.11. The van der Waals surface area contributed by atoms with Gasteiger partial charge in [-0.2, -0.15) is 4.79 Å². The monoisotopic (exact) mass is 411 g/mol. The number of para-hydroxylation sites is 1. The highest BCUT2D eigenvalue weighted by molar-refractivity contribution is 5.85. The number of likely N-dealkylation sites (tertiary alicyclic amines) is 1. The molecule has 0 atom stereocenters. The largest absolute Gasteiger partial charge is 0.516 e. The van der Waals surface area contributed by atoms with E-state index in [9.17, 15) is 4.79 Å². The Bertz CT molecular complexity index is 675. The maximum atomic E-state index is 12.7. The smallest absolute Gasteiger partial charge is 0.420 e. The summed E-state index contributed by atoms with van der Waals surface area (Å²) < 4.78 is 5.82. The molecule has 0 bridgehead atoms. The molecule has 0 unspecified atom stereocenters. The molecule has 0 aliphatic carbocycles. The summed E-state index contributed by atoms with van der Waals surface area (Å²) in [5.41, 5.74) is 2.33. The van der Waals surface area contributed by atoms with Crippen molar-refractivity contribution in [2.24, 2.45) is 0 Å². The van der Waals surface area contributed by atoms with Crippen LogP contribution in [0.5, 0.6) is 0 Å². The van der Waals surface area contributed by atoms with Gasteiger partial charge in [0.2, 0.25) is 0 Å². The van der Waals surface area contributed by atoms with Crippen molar-refractivity contribution < 1.29 is 14.0 Å². The molecule has 1 fully saturated rings. The van der Waals surface area contributed by atoms with Crippen molar-refractivity contribution in [3.63, 3.8) is 0 Å². The van der Waals surface area contributed by atoms with Gasteiger partial charge in [-0.1, -0.05) is 48.5 Å². The number of nitrogens with one attached hydrogen (secondary N) is 1. The number of quaternary nitrogens is 1. The molecular formula is C21H29Cl2N2O2+. The van der Waals surface area contributed by atoms with Gasteiger partial charge in [-0.05, 0) is 19.1 Å². The summed E-state index contributed by atoms with van der Waals surface area (Å²) in [4.78, 5) is 12.7. The fourth-order valence-electron chi connectivity index (χ4n) is 3.58. The highest BCUT2D eigenvalue weighted by Crippen LogP contribution is 2.26. The van der Waals surface area contributed by atoms with Crippen LogP contribution in [0.2, 0.25) is 0 Å². The summed E-state index contributed by atoms with van der Waals surface area (Å²) in [5, 5.41) is 3.59. The summed E-state index contributed by atoms with van der Waals surface area (Å²) in [5.74, 6) is 0. The fraction of sp³-hybridized carbons (Fsp3) is 0.381. The molecule has 148 valence electrons. The van der Waals surface area contributed by atoms with Crippen molar-refractivity contribution in [2.45, 2.75) is 32.4 Å². The van der Waals surface area contributed by atoms with E-state index >= 15 is 0 Å². The topological polar surface area (TPSA) is 38.3 Å². The zero-order chi connectivity index (χ0) is 17.5. The Hall–Kier alpha value is -1.75. The highest BCUT2D eigenvalue weighted by atomic mass is 35.5. The van der Waals surface area contributed by atoms with E-state index in [2.05, 4.69) is 29.6 Å². The minimum absolute atomic E-state index is 0. The van der Waals surface area contributed by atoms with E-state index in [1.165, 1.54) is 5.56 Å². The highest BCUT2D eigenvalue weighted by Gasteiger charge is 2.42. The number of nitrogens with zero attached hydrogens (tertiary/aromatic N) is 1. The van der Waals surface area contributed by atoms with Crippen molar-refractivity contribution in [3.8, 4) is 0 Å². The third-order valence-electron chi connectivity index (χ3n) is 4.94. The second kappa shape index (κ2) is 11.2. The number of hydrogen-bond donors (Lipinski definition) is 1. The Labute approximate surface area is 174 Å². The maximum Gasteiger partial charge on any atom is 0.516 e. The van der Waals surface area contributed by atoms with E-state index in [4.69, 9.17) is 4.74 Å². The van der Waals surface area contributed by atoms with Gasteiger partial charge in [-0.25, -0.2) is 4.48 Å². The quantitative estimate of drug-likeness (QED) is 0.680. The van der Waals surface area contributed by atoms with Crippen LogP contribution in [0.15, 0.2) is 60.7 Å². The predicted octanol–water partition coefficient (Wildman–Crippen LogP) is 5.28. The molecule has 2 aromatic rings.